The molecule has 2 aromatic heterocycles. The van der Waals surface area contributed by atoms with Crippen LogP contribution in [0.2, 0.25) is 0 Å². The smallest absolute Gasteiger partial charge is 0.290 e. The van der Waals surface area contributed by atoms with Gasteiger partial charge in [0.25, 0.3) is 5.56 Å². The number of ether oxygens (including phenoxy) is 1. The van der Waals surface area contributed by atoms with Crippen LogP contribution in [0.15, 0.2) is 64.5 Å². The van der Waals surface area contributed by atoms with Crippen LogP contribution in [0.5, 0.6) is 5.75 Å². The number of benzene rings is 2. The average molecular weight is 425 g/mol. The molecule has 152 valence electrons. The molecule has 0 saturated carbocycles. The van der Waals surface area contributed by atoms with Crippen LogP contribution >= 0.6 is 11.8 Å². The zero-order valence-electron chi connectivity index (χ0n) is 15.8. The average Bonchev–Trinajstić information content (AvgIpc) is 3.20. The molecule has 0 bridgehead atoms. The number of aromatic nitrogens is 4. The number of rotatable bonds is 6. The van der Waals surface area contributed by atoms with Gasteiger partial charge < -0.3 is 10.1 Å². The number of methoxy groups -OCH3 is 1. The van der Waals surface area contributed by atoms with Crippen molar-refractivity contribution in [3.63, 3.8) is 0 Å². The first-order valence-corrected chi connectivity index (χ1v) is 9.83. The van der Waals surface area contributed by atoms with Crippen LogP contribution in [-0.4, -0.2) is 38.6 Å². The lowest BCUT2D eigenvalue weighted by molar-refractivity contribution is -0.113. The van der Waals surface area contributed by atoms with E-state index in [4.69, 9.17) is 4.74 Å². The van der Waals surface area contributed by atoms with Crippen molar-refractivity contribution in [2.75, 3.05) is 18.2 Å². The van der Waals surface area contributed by atoms with Crippen LogP contribution in [0.25, 0.3) is 16.8 Å². The van der Waals surface area contributed by atoms with Gasteiger partial charge in [0, 0.05) is 17.3 Å². The quantitative estimate of drug-likeness (QED) is 0.461. The lowest BCUT2D eigenvalue weighted by atomic mass is 10.1. The Morgan fingerprint density at radius 3 is 2.80 bits per heavy atom. The first kappa shape index (κ1) is 19.6. The Morgan fingerprint density at radius 1 is 1.23 bits per heavy atom. The lowest BCUT2D eigenvalue weighted by Gasteiger charge is -2.07. The zero-order chi connectivity index (χ0) is 21.1. The van der Waals surface area contributed by atoms with E-state index in [1.807, 2.05) is 0 Å². The third kappa shape index (κ3) is 4.18. The summed E-state index contributed by atoms with van der Waals surface area (Å²) in [6, 6.07) is 14.4. The summed E-state index contributed by atoms with van der Waals surface area (Å²) in [5, 5.41) is 13.9. The summed E-state index contributed by atoms with van der Waals surface area (Å²) in [7, 11) is 1.55. The number of carbonyl (C=O) groups is 1. The molecule has 0 aliphatic carbocycles. The van der Waals surface area contributed by atoms with Crippen molar-refractivity contribution >= 4 is 28.9 Å². The third-order valence-corrected chi connectivity index (χ3v) is 5.13. The van der Waals surface area contributed by atoms with E-state index in [0.717, 1.165) is 11.8 Å². The van der Waals surface area contributed by atoms with Gasteiger partial charge in [0.1, 0.15) is 17.1 Å². The number of hydrogen-bond acceptors (Lipinski definition) is 6. The van der Waals surface area contributed by atoms with Crippen LogP contribution in [0.1, 0.15) is 0 Å². The Balaban J connectivity index is 1.53. The fourth-order valence-electron chi connectivity index (χ4n) is 2.78. The molecule has 0 atom stereocenters. The van der Waals surface area contributed by atoms with Gasteiger partial charge in [0.2, 0.25) is 11.1 Å². The van der Waals surface area contributed by atoms with Crippen molar-refractivity contribution in [1.29, 1.82) is 0 Å². The van der Waals surface area contributed by atoms with E-state index in [2.05, 4.69) is 20.6 Å². The molecule has 0 spiro atoms. The summed E-state index contributed by atoms with van der Waals surface area (Å²) in [4.78, 5) is 24.4. The molecule has 0 aliphatic rings. The van der Waals surface area contributed by atoms with E-state index < -0.39 is 5.56 Å². The Hall–Kier alpha value is -3.66. The predicted octanol–water partition coefficient (Wildman–Crippen LogP) is 2.96. The molecule has 4 rings (SSSR count). The number of thioether (sulfide) groups is 1. The number of anilines is 1. The zero-order valence-corrected chi connectivity index (χ0v) is 16.6. The Labute approximate surface area is 174 Å². The van der Waals surface area contributed by atoms with Crippen molar-refractivity contribution in [2.45, 2.75) is 5.16 Å². The van der Waals surface area contributed by atoms with E-state index in [1.54, 1.807) is 49.6 Å². The van der Waals surface area contributed by atoms with Gasteiger partial charge in [-0.2, -0.15) is 5.10 Å². The van der Waals surface area contributed by atoms with Crippen LogP contribution in [0, 0.1) is 5.82 Å². The number of amides is 1. The summed E-state index contributed by atoms with van der Waals surface area (Å²) in [5.74, 6) is 0.0758. The molecule has 0 radical (unpaired) electrons. The van der Waals surface area contributed by atoms with Gasteiger partial charge in [-0.25, -0.2) is 14.0 Å². The highest BCUT2D eigenvalue weighted by atomic mass is 32.2. The number of hydrogen-bond donors (Lipinski definition) is 2. The van der Waals surface area contributed by atoms with Crippen LogP contribution in [0.3, 0.4) is 0 Å². The number of H-pyrrole nitrogens is 1. The highest BCUT2D eigenvalue weighted by molar-refractivity contribution is 7.99. The molecule has 8 nitrogen and oxygen atoms in total. The molecule has 2 heterocycles. The van der Waals surface area contributed by atoms with Crippen molar-refractivity contribution in [1.82, 2.24) is 19.8 Å². The summed E-state index contributed by atoms with van der Waals surface area (Å²) < 4.78 is 19.7. The Morgan fingerprint density at radius 2 is 2.03 bits per heavy atom. The van der Waals surface area contributed by atoms with E-state index in [9.17, 15) is 14.0 Å². The number of halogens is 1. The maximum absolute atomic E-state index is 13.2. The minimum absolute atomic E-state index is 0.0527. The second-order valence-electron chi connectivity index (χ2n) is 6.24. The first-order chi connectivity index (χ1) is 14.5. The highest BCUT2D eigenvalue weighted by Crippen LogP contribution is 2.22. The predicted molar refractivity (Wildman–Crippen MR) is 111 cm³/mol. The summed E-state index contributed by atoms with van der Waals surface area (Å²) in [6.07, 6.45) is 0. The van der Waals surface area contributed by atoms with Gasteiger partial charge in [-0.05, 0) is 42.5 Å². The van der Waals surface area contributed by atoms with E-state index >= 15 is 0 Å². The van der Waals surface area contributed by atoms with E-state index in [1.165, 1.54) is 16.6 Å². The standard InChI is InChI=1S/C20H16FN5O3S/c1-29-15-4-2-3-14(9-15)22-18(27)11-30-20-24-23-19(28)17-10-16(25-26(17)20)12-5-7-13(21)8-6-12/h2-10H,11H2,1H3,(H,22,27)(H,23,28). The van der Waals surface area contributed by atoms with Crippen molar-refractivity contribution in [3.05, 3.63) is 70.8 Å². The molecule has 30 heavy (non-hydrogen) atoms. The number of fused-ring (bicyclic) bond motifs is 1. The second kappa shape index (κ2) is 8.37. The minimum atomic E-state index is -0.416. The largest absolute Gasteiger partial charge is 0.497 e. The summed E-state index contributed by atoms with van der Waals surface area (Å²) >= 11 is 1.12. The van der Waals surface area contributed by atoms with Crippen LogP contribution < -0.4 is 15.6 Å². The van der Waals surface area contributed by atoms with Crippen LogP contribution in [-0.2, 0) is 4.79 Å². The molecule has 10 heteroatoms. The number of nitrogens with one attached hydrogen (secondary N) is 2. The number of nitrogens with zero attached hydrogens (tertiary/aromatic N) is 3. The van der Waals surface area contributed by atoms with Gasteiger partial charge >= 0.3 is 0 Å². The van der Waals surface area contributed by atoms with Gasteiger partial charge in [-0.1, -0.05) is 17.8 Å². The maximum atomic E-state index is 13.2. The second-order valence-corrected chi connectivity index (χ2v) is 7.18. The molecular weight excluding hydrogens is 409 g/mol. The molecule has 0 fully saturated rings. The fraction of sp³-hybridized carbons (Fsp3) is 0.100. The Kier molecular flexibility index (Phi) is 5.48. The Bertz CT molecular complexity index is 1270. The molecule has 0 aliphatic heterocycles. The van der Waals surface area contributed by atoms with Crippen LogP contribution in [0.4, 0.5) is 10.1 Å². The molecule has 4 aromatic rings. The van der Waals surface area contributed by atoms with E-state index in [0.29, 0.717) is 27.9 Å². The summed E-state index contributed by atoms with van der Waals surface area (Å²) in [6.45, 7) is 0. The fourth-order valence-corrected chi connectivity index (χ4v) is 3.48. The number of carbonyl (C=O) groups excluding carboxylic acids is 1. The van der Waals surface area contributed by atoms with Gasteiger partial charge in [0.05, 0.1) is 18.6 Å². The molecule has 1 amide bonds. The van der Waals surface area contributed by atoms with Crippen molar-refractivity contribution in [3.8, 4) is 17.0 Å². The van der Waals surface area contributed by atoms with Gasteiger partial charge in [0.15, 0.2) is 0 Å². The molecular formula is C20H16FN5O3S. The van der Waals surface area contributed by atoms with Gasteiger partial charge in [-0.3, -0.25) is 9.59 Å². The van der Waals surface area contributed by atoms with Gasteiger partial charge in [-0.15, -0.1) is 5.10 Å². The SMILES string of the molecule is COc1cccc(NC(=O)CSc2n[nH]c(=O)c3cc(-c4ccc(F)cc4)nn23)c1. The third-order valence-electron chi connectivity index (χ3n) is 4.20. The molecule has 2 N–H and O–H groups in total. The topological polar surface area (TPSA) is 101 Å². The monoisotopic (exact) mass is 425 g/mol. The molecule has 2 aromatic carbocycles. The van der Waals surface area contributed by atoms with Crippen molar-refractivity contribution < 1.29 is 13.9 Å². The first-order valence-electron chi connectivity index (χ1n) is 8.84. The van der Waals surface area contributed by atoms with E-state index in [-0.39, 0.29) is 23.0 Å². The number of aromatic amines is 1. The minimum Gasteiger partial charge on any atom is -0.497 e. The van der Waals surface area contributed by atoms with Crippen molar-refractivity contribution in [2.24, 2.45) is 0 Å². The normalized spacial score (nSPS) is 10.9. The lowest BCUT2D eigenvalue weighted by Crippen LogP contribution is -2.17. The highest BCUT2D eigenvalue weighted by Gasteiger charge is 2.14. The maximum Gasteiger partial charge on any atom is 0.290 e. The molecule has 0 saturated heterocycles. The molecule has 0 unspecified atom stereocenters. The summed E-state index contributed by atoms with van der Waals surface area (Å²) in [5.41, 5.74) is 1.63.